The zero-order chi connectivity index (χ0) is 2.71. The van der Waals surface area contributed by atoms with E-state index >= 15 is 0 Å². The van der Waals surface area contributed by atoms with E-state index in [1.165, 1.54) is 5.34 Å². The van der Waals surface area contributed by atoms with Crippen molar-refractivity contribution in [2.24, 2.45) is 5.34 Å². The topological polar surface area (TPSA) is 49.7 Å². The van der Waals surface area contributed by atoms with E-state index < -0.39 is 0 Å². The molecule has 0 aromatic heterocycles. The molecule has 0 spiro atoms. The fourth-order valence-electron chi connectivity index (χ4n) is 0. The van der Waals surface area contributed by atoms with E-state index in [2.05, 4.69) is 0 Å². The van der Waals surface area contributed by atoms with Gasteiger partial charge in [-0.05, 0) is 0 Å². The molecule has 0 bridgehead atoms. The van der Waals surface area contributed by atoms with E-state index in [1.54, 1.807) is 0 Å². The quantitative estimate of drug-likeness (QED) is 0.368. The molecule has 0 aromatic carbocycles. The summed E-state index contributed by atoms with van der Waals surface area (Å²) in [5, 5.41) is 7.89. The molecule has 4 radical (unpaired) electrons. The minimum Gasteiger partial charge on any atom is -0.379 e. The molecule has 0 heterocycles. The van der Waals surface area contributed by atoms with Gasteiger partial charge in [-0.25, -0.2) is 0 Å². The number of rotatable bonds is 0. The third-order valence-corrected chi connectivity index (χ3v) is 0. The Morgan fingerprint density at radius 2 is 1.75 bits per heavy atom. The van der Waals surface area contributed by atoms with Gasteiger partial charge in [-0.15, -0.1) is 4.91 Å². The minimum atomic E-state index is 0. The molecule has 0 aromatic rings. The van der Waals surface area contributed by atoms with Crippen LogP contribution < -0.4 is 0 Å². The fourth-order valence-corrected chi connectivity index (χ4v) is 0. The van der Waals surface area contributed by atoms with Crippen molar-refractivity contribution in [3.8, 4) is 0 Å². The number of nitrogens with zero attached hydrogens (tertiary/aromatic N) is 1. The van der Waals surface area contributed by atoms with E-state index in [-0.39, 0.29) is 27.3 Å². The van der Waals surface area contributed by atoms with E-state index in [0.29, 0.717) is 0 Å². The predicted octanol–water partition coefficient (Wildman–Crippen LogP) is -0.239. The van der Waals surface area contributed by atoms with Crippen molar-refractivity contribution in [3.63, 3.8) is 0 Å². The molecule has 1 N–H and O–H groups in total. The van der Waals surface area contributed by atoms with Crippen LogP contribution in [0.25, 0.3) is 0 Å². The maximum Gasteiger partial charge on any atom is 0.152 e. The summed E-state index contributed by atoms with van der Waals surface area (Å²) < 4.78 is 0. The van der Waals surface area contributed by atoms with E-state index in [9.17, 15) is 0 Å². The van der Waals surface area contributed by atoms with Gasteiger partial charge in [0.1, 0.15) is 0 Å². The summed E-state index contributed by atoms with van der Waals surface area (Å²) >= 11 is 0. The second kappa shape index (κ2) is 10.2. The molecule has 0 saturated heterocycles. The van der Waals surface area contributed by atoms with Gasteiger partial charge in [-0.3, -0.25) is 0 Å². The van der Waals surface area contributed by atoms with Gasteiger partial charge in [0, 0.05) is 27.3 Å². The SMILES string of the molecule is O=NO.[Pb]. The molecule has 4 heavy (non-hydrogen) atoms. The molecule has 0 fully saturated rings. The Hall–Kier alpha value is 0.322. The molecule has 22 valence electrons. The van der Waals surface area contributed by atoms with Gasteiger partial charge < -0.3 is 5.21 Å². The van der Waals surface area contributed by atoms with Crippen LogP contribution in [0.15, 0.2) is 5.34 Å². The molecule has 3 nitrogen and oxygen atoms in total. The normalized spacial score (nSPS) is 3.00. The molecule has 0 aliphatic carbocycles. The first kappa shape index (κ1) is 8.85. The summed E-state index contributed by atoms with van der Waals surface area (Å²) in [7, 11) is 0. The molecule has 0 saturated carbocycles. The van der Waals surface area contributed by atoms with Gasteiger partial charge >= 0.3 is 0 Å². The molecule has 0 atom stereocenters. The molecular weight excluding hydrogens is 253 g/mol. The summed E-state index contributed by atoms with van der Waals surface area (Å²) in [6.45, 7) is 0. The van der Waals surface area contributed by atoms with Gasteiger partial charge in [0.2, 0.25) is 0 Å². The van der Waals surface area contributed by atoms with Crippen LogP contribution in [-0.2, 0) is 0 Å². The van der Waals surface area contributed by atoms with Crippen molar-refractivity contribution >= 4 is 27.3 Å². The first-order valence-corrected chi connectivity index (χ1v) is 0.383. The molecule has 0 amide bonds. The van der Waals surface area contributed by atoms with E-state index in [0.717, 1.165) is 0 Å². The van der Waals surface area contributed by atoms with Gasteiger partial charge in [0.25, 0.3) is 0 Å². The average Bonchev–Trinajstić information content (AvgIpc) is 0.918. The summed E-state index contributed by atoms with van der Waals surface area (Å²) in [4.78, 5) is 8.11. The largest absolute Gasteiger partial charge is 0.379 e. The van der Waals surface area contributed by atoms with Gasteiger partial charge in [-0.1, -0.05) is 0 Å². The molecule has 0 unspecified atom stereocenters. The van der Waals surface area contributed by atoms with E-state index in [4.69, 9.17) is 10.1 Å². The molecule has 0 aliphatic rings. The number of hydrogen-bond acceptors (Lipinski definition) is 2. The fraction of sp³-hybridized carbons (Fsp3) is 0. The molecular formula is HNO2Pb. The Labute approximate surface area is 43.1 Å². The van der Waals surface area contributed by atoms with Crippen molar-refractivity contribution < 1.29 is 5.21 Å². The third-order valence-electron chi connectivity index (χ3n) is 0. The summed E-state index contributed by atoms with van der Waals surface area (Å²) in [6.07, 6.45) is 0. The summed E-state index contributed by atoms with van der Waals surface area (Å²) in [5.41, 5.74) is 0. The van der Waals surface area contributed by atoms with Crippen LogP contribution in [0.4, 0.5) is 0 Å². The zero-order valence-corrected chi connectivity index (χ0v) is 5.69. The maximum absolute atomic E-state index is 8.11. The second-order valence-electron chi connectivity index (χ2n) is 0.0816. The second-order valence-corrected chi connectivity index (χ2v) is 0.0816. The number of hydrogen-bond donors (Lipinski definition) is 1. The van der Waals surface area contributed by atoms with Gasteiger partial charge in [-0.2, -0.15) is 0 Å². The van der Waals surface area contributed by atoms with Gasteiger partial charge in [0.15, 0.2) is 5.34 Å². The van der Waals surface area contributed by atoms with Crippen LogP contribution in [0.3, 0.4) is 0 Å². The summed E-state index contributed by atoms with van der Waals surface area (Å²) in [6, 6.07) is 0. The van der Waals surface area contributed by atoms with Crippen LogP contribution in [0.5, 0.6) is 0 Å². The minimum absolute atomic E-state index is 0. The van der Waals surface area contributed by atoms with Crippen LogP contribution >= 0.6 is 0 Å². The maximum atomic E-state index is 8.11. The Morgan fingerprint density at radius 1 is 1.75 bits per heavy atom. The van der Waals surface area contributed by atoms with Crippen LogP contribution in [-0.4, -0.2) is 32.5 Å². The third kappa shape index (κ3) is 39.1. The van der Waals surface area contributed by atoms with Crippen LogP contribution in [0.1, 0.15) is 0 Å². The average molecular weight is 254 g/mol. The predicted molar refractivity (Wildman–Crippen MR) is 13.3 cm³/mol. The zero-order valence-electron chi connectivity index (χ0n) is 1.80. The Kier molecular flexibility index (Phi) is 22.7. The van der Waals surface area contributed by atoms with Crippen molar-refractivity contribution in [1.82, 2.24) is 0 Å². The Balaban J connectivity index is 0. The monoisotopic (exact) mass is 255 g/mol. The molecule has 0 rings (SSSR count). The van der Waals surface area contributed by atoms with Crippen molar-refractivity contribution in [2.75, 3.05) is 0 Å². The van der Waals surface area contributed by atoms with Crippen molar-refractivity contribution in [1.29, 1.82) is 0 Å². The smallest absolute Gasteiger partial charge is 0.152 e. The van der Waals surface area contributed by atoms with Crippen molar-refractivity contribution in [3.05, 3.63) is 4.91 Å². The standard InChI is InChI=1S/HNO2.Pb/c2-1-3;/h(H,2,3);. The summed E-state index contributed by atoms with van der Waals surface area (Å²) in [5.74, 6) is 0. The Morgan fingerprint density at radius 3 is 1.75 bits per heavy atom. The molecule has 4 heteroatoms. The van der Waals surface area contributed by atoms with Gasteiger partial charge in [0.05, 0.1) is 0 Å². The van der Waals surface area contributed by atoms with E-state index in [1.807, 2.05) is 0 Å². The van der Waals surface area contributed by atoms with Crippen molar-refractivity contribution in [2.45, 2.75) is 0 Å². The first-order chi connectivity index (χ1) is 1.41. The van der Waals surface area contributed by atoms with Crippen LogP contribution in [0, 0.1) is 4.91 Å². The first-order valence-electron chi connectivity index (χ1n) is 0.383. The van der Waals surface area contributed by atoms with Crippen LogP contribution in [0.2, 0.25) is 0 Å². The molecule has 0 aliphatic heterocycles. The Bertz CT molecular complexity index is 13.5.